The maximum Gasteiger partial charge on any atom is 0.122 e. The minimum Gasteiger partial charge on any atom is -0.493 e. The molecule has 2 nitrogen and oxygen atoms in total. The maximum absolute atomic E-state index is 10.2. The van der Waals surface area contributed by atoms with E-state index in [-0.39, 0.29) is 6.10 Å². The molecule has 100 valence electrons. The molecule has 0 amide bonds. The fourth-order valence-electron chi connectivity index (χ4n) is 2.37. The summed E-state index contributed by atoms with van der Waals surface area (Å²) >= 11 is 5.06. The van der Waals surface area contributed by atoms with Crippen LogP contribution in [-0.4, -0.2) is 11.7 Å². The SMILES string of the molecule is OC(CCc1ccc2c(c1)CCO2)c1sccc1Br. The van der Waals surface area contributed by atoms with E-state index in [9.17, 15) is 5.11 Å². The van der Waals surface area contributed by atoms with Gasteiger partial charge in [0, 0.05) is 15.8 Å². The highest BCUT2D eigenvalue weighted by Gasteiger charge is 2.15. The summed E-state index contributed by atoms with van der Waals surface area (Å²) in [6.07, 6.45) is 2.25. The van der Waals surface area contributed by atoms with Gasteiger partial charge in [-0.25, -0.2) is 0 Å². The van der Waals surface area contributed by atoms with E-state index in [2.05, 4.69) is 28.1 Å². The molecule has 4 heteroatoms. The van der Waals surface area contributed by atoms with Gasteiger partial charge in [-0.3, -0.25) is 0 Å². The number of aliphatic hydroxyl groups excluding tert-OH is 1. The van der Waals surface area contributed by atoms with E-state index in [1.807, 2.05) is 17.5 Å². The van der Waals surface area contributed by atoms with E-state index < -0.39 is 0 Å². The first-order valence-corrected chi connectivity index (χ1v) is 8.07. The van der Waals surface area contributed by atoms with Crippen LogP contribution in [0.5, 0.6) is 5.75 Å². The van der Waals surface area contributed by atoms with Crippen LogP contribution in [0.1, 0.15) is 28.5 Å². The molecular formula is C15H15BrO2S. The van der Waals surface area contributed by atoms with Gasteiger partial charge >= 0.3 is 0 Å². The summed E-state index contributed by atoms with van der Waals surface area (Å²) in [5.41, 5.74) is 2.57. The second kappa shape index (κ2) is 5.65. The highest BCUT2D eigenvalue weighted by molar-refractivity contribution is 9.10. The first-order valence-electron chi connectivity index (χ1n) is 6.39. The molecule has 1 aromatic carbocycles. The number of halogens is 1. The van der Waals surface area contributed by atoms with E-state index in [4.69, 9.17) is 4.74 Å². The predicted molar refractivity (Wildman–Crippen MR) is 80.9 cm³/mol. The lowest BCUT2D eigenvalue weighted by Crippen LogP contribution is -1.98. The second-order valence-electron chi connectivity index (χ2n) is 4.73. The Labute approximate surface area is 125 Å². The van der Waals surface area contributed by atoms with Crippen molar-refractivity contribution in [3.8, 4) is 5.75 Å². The minimum atomic E-state index is -0.390. The van der Waals surface area contributed by atoms with E-state index in [0.717, 1.165) is 41.0 Å². The zero-order valence-electron chi connectivity index (χ0n) is 10.4. The van der Waals surface area contributed by atoms with Gasteiger partial charge < -0.3 is 9.84 Å². The first-order chi connectivity index (χ1) is 9.24. The highest BCUT2D eigenvalue weighted by Crippen LogP contribution is 2.32. The number of aliphatic hydroxyl groups is 1. The van der Waals surface area contributed by atoms with Gasteiger partial charge in [-0.1, -0.05) is 12.1 Å². The molecule has 19 heavy (non-hydrogen) atoms. The lowest BCUT2D eigenvalue weighted by Gasteiger charge is -2.10. The summed E-state index contributed by atoms with van der Waals surface area (Å²) in [6, 6.07) is 8.33. The van der Waals surface area contributed by atoms with Crippen molar-refractivity contribution in [1.29, 1.82) is 0 Å². The number of benzene rings is 1. The van der Waals surface area contributed by atoms with Crippen LogP contribution in [0.15, 0.2) is 34.1 Å². The Bertz CT molecular complexity index is 579. The smallest absolute Gasteiger partial charge is 0.122 e. The number of aryl methyl sites for hydroxylation is 1. The van der Waals surface area contributed by atoms with E-state index in [1.54, 1.807) is 11.3 Å². The molecule has 2 heterocycles. The Hall–Kier alpha value is -0.840. The average Bonchev–Trinajstić information content (AvgIpc) is 3.03. The molecule has 0 saturated heterocycles. The highest BCUT2D eigenvalue weighted by atomic mass is 79.9. The van der Waals surface area contributed by atoms with E-state index in [0.29, 0.717) is 0 Å². The molecule has 0 aliphatic carbocycles. The largest absolute Gasteiger partial charge is 0.493 e. The van der Waals surface area contributed by atoms with E-state index >= 15 is 0 Å². The van der Waals surface area contributed by atoms with Gasteiger partial charge in [-0.05, 0) is 57.4 Å². The molecule has 0 fully saturated rings. The lowest BCUT2D eigenvalue weighted by molar-refractivity contribution is 0.171. The molecule has 1 aliphatic heterocycles. The summed E-state index contributed by atoms with van der Waals surface area (Å²) in [5, 5.41) is 12.2. The number of ether oxygens (including phenoxy) is 1. The van der Waals surface area contributed by atoms with Crippen molar-refractivity contribution in [3.05, 3.63) is 50.1 Å². The molecule has 1 aliphatic rings. The Morgan fingerprint density at radius 3 is 3.05 bits per heavy atom. The molecule has 1 aromatic heterocycles. The fourth-order valence-corrected chi connectivity index (χ4v) is 4.03. The van der Waals surface area contributed by atoms with Crippen molar-refractivity contribution in [1.82, 2.24) is 0 Å². The minimum absolute atomic E-state index is 0.390. The third-order valence-corrected chi connectivity index (χ3v) is 5.38. The molecule has 1 unspecified atom stereocenters. The van der Waals surface area contributed by atoms with Crippen molar-refractivity contribution in [2.75, 3.05) is 6.61 Å². The standard InChI is InChI=1S/C15H15BrO2S/c16-12-6-8-19-15(12)13(17)3-1-10-2-4-14-11(9-10)5-7-18-14/h2,4,6,8-9,13,17H,1,3,5,7H2. The molecule has 0 saturated carbocycles. The molecule has 1 N–H and O–H groups in total. The van der Waals surface area contributed by atoms with Gasteiger partial charge in [-0.15, -0.1) is 11.3 Å². The van der Waals surface area contributed by atoms with Crippen molar-refractivity contribution in [3.63, 3.8) is 0 Å². The molecule has 0 radical (unpaired) electrons. The first kappa shape index (κ1) is 13.2. The summed E-state index contributed by atoms with van der Waals surface area (Å²) < 4.78 is 6.51. The van der Waals surface area contributed by atoms with Crippen LogP contribution in [0.4, 0.5) is 0 Å². The summed E-state index contributed by atoms with van der Waals surface area (Å²) in [5.74, 6) is 1.02. The van der Waals surface area contributed by atoms with E-state index in [1.165, 1.54) is 11.1 Å². The number of hydrogen-bond acceptors (Lipinski definition) is 3. The second-order valence-corrected chi connectivity index (χ2v) is 6.53. The molecule has 0 bridgehead atoms. The summed E-state index contributed by atoms with van der Waals surface area (Å²) in [6.45, 7) is 0.795. The molecule has 3 rings (SSSR count). The molecule has 0 spiro atoms. The third kappa shape index (κ3) is 2.86. The lowest BCUT2D eigenvalue weighted by atomic mass is 10.0. The van der Waals surface area contributed by atoms with Gasteiger partial charge in [0.2, 0.25) is 0 Å². The van der Waals surface area contributed by atoms with Crippen LogP contribution < -0.4 is 4.74 Å². The number of rotatable bonds is 4. The van der Waals surface area contributed by atoms with Gasteiger partial charge in [0.1, 0.15) is 5.75 Å². The topological polar surface area (TPSA) is 29.5 Å². The Morgan fingerprint density at radius 1 is 1.37 bits per heavy atom. The van der Waals surface area contributed by atoms with Crippen LogP contribution in [0, 0.1) is 0 Å². The molecular weight excluding hydrogens is 324 g/mol. The van der Waals surface area contributed by atoms with Crippen molar-refractivity contribution < 1.29 is 9.84 Å². The van der Waals surface area contributed by atoms with Crippen LogP contribution in [-0.2, 0) is 12.8 Å². The molecule has 1 atom stereocenters. The predicted octanol–water partition coefficient (Wildman–Crippen LogP) is 4.11. The Balaban J connectivity index is 1.65. The van der Waals surface area contributed by atoms with Crippen molar-refractivity contribution in [2.24, 2.45) is 0 Å². The van der Waals surface area contributed by atoms with Crippen molar-refractivity contribution in [2.45, 2.75) is 25.4 Å². The number of thiophene rings is 1. The van der Waals surface area contributed by atoms with Gasteiger partial charge in [0.25, 0.3) is 0 Å². The normalized spacial score (nSPS) is 15.1. The zero-order chi connectivity index (χ0) is 13.2. The van der Waals surface area contributed by atoms with Gasteiger partial charge in [-0.2, -0.15) is 0 Å². The van der Waals surface area contributed by atoms with Gasteiger partial charge in [0.15, 0.2) is 0 Å². The van der Waals surface area contributed by atoms with Crippen molar-refractivity contribution >= 4 is 27.3 Å². The van der Waals surface area contributed by atoms with Gasteiger partial charge in [0.05, 0.1) is 12.7 Å². The third-order valence-electron chi connectivity index (χ3n) is 3.41. The summed E-state index contributed by atoms with van der Waals surface area (Å²) in [7, 11) is 0. The molecule has 2 aromatic rings. The van der Waals surface area contributed by atoms with Crippen LogP contribution in [0.3, 0.4) is 0 Å². The fraction of sp³-hybridized carbons (Fsp3) is 0.333. The Morgan fingerprint density at radius 2 is 2.26 bits per heavy atom. The van der Waals surface area contributed by atoms with Crippen LogP contribution in [0.2, 0.25) is 0 Å². The van der Waals surface area contributed by atoms with Crippen LogP contribution >= 0.6 is 27.3 Å². The zero-order valence-corrected chi connectivity index (χ0v) is 12.8. The maximum atomic E-state index is 10.2. The van der Waals surface area contributed by atoms with Crippen LogP contribution in [0.25, 0.3) is 0 Å². The average molecular weight is 339 g/mol. The number of hydrogen-bond donors (Lipinski definition) is 1. The quantitative estimate of drug-likeness (QED) is 0.908. The Kier molecular flexibility index (Phi) is 3.91. The number of fused-ring (bicyclic) bond motifs is 1. The summed E-state index contributed by atoms with van der Waals surface area (Å²) in [4.78, 5) is 1.02. The monoisotopic (exact) mass is 338 g/mol.